The van der Waals surface area contributed by atoms with E-state index in [1.807, 2.05) is 4.90 Å². The summed E-state index contributed by atoms with van der Waals surface area (Å²) >= 11 is 0. The second kappa shape index (κ2) is 14.2. The van der Waals surface area contributed by atoms with Crippen LogP contribution in [0.2, 0.25) is 0 Å². The van der Waals surface area contributed by atoms with Crippen LogP contribution >= 0.6 is 0 Å². The molecule has 3 heterocycles. The van der Waals surface area contributed by atoms with Gasteiger partial charge in [0, 0.05) is 45.4 Å². The summed E-state index contributed by atoms with van der Waals surface area (Å²) in [4.78, 5) is 43.8. The summed E-state index contributed by atoms with van der Waals surface area (Å²) in [5.41, 5.74) is 2.50. The Morgan fingerprint density at radius 2 is 1.87 bits per heavy atom. The van der Waals surface area contributed by atoms with E-state index in [0.29, 0.717) is 47.6 Å². The van der Waals surface area contributed by atoms with E-state index < -0.39 is 27.6 Å². The molecule has 2 unspecified atom stereocenters. The summed E-state index contributed by atoms with van der Waals surface area (Å²) in [5, 5.41) is 12.3. The van der Waals surface area contributed by atoms with Gasteiger partial charge in [0.05, 0.1) is 21.6 Å². The Morgan fingerprint density at radius 1 is 1.07 bits per heavy atom. The van der Waals surface area contributed by atoms with E-state index >= 15 is 0 Å². The molecule has 2 N–H and O–H groups in total. The Bertz CT molecular complexity index is 1900. The molecule has 2 aromatic heterocycles. The second-order valence-corrected chi connectivity index (χ2v) is 13.0. The lowest BCUT2D eigenvalue weighted by Gasteiger charge is -2.21. The number of furan rings is 1. The Balaban J connectivity index is 1.32. The quantitative estimate of drug-likeness (QED) is 0.241. The van der Waals surface area contributed by atoms with Gasteiger partial charge in [-0.1, -0.05) is 36.1 Å². The van der Waals surface area contributed by atoms with Crippen molar-refractivity contribution in [3.8, 4) is 11.8 Å². The predicted octanol–water partition coefficient (Wildman–Crippen LogP) is 5.24. The topological polar surface area (TPSA) is 142 Å². The molecule has 2 atom stereocenters. The van der Waals surface area contributed by atoms with Crippen LogP contribution in [-0.2, 0) is 14.5 Å². The number of hydrogen-bond acceptors (Lipinski definition) is 7. The fourth-order valence-electron chi connectivity index (χ4n) is 5.11. The van der Waals surface area contributed by atoms with Crippen molar-refractivity contribution in [1.29, 1.82) is 0 Å². The molecule has 2 aromatic carbocycles. The predicted molar refractivity (Wildman–Crippen MR) is 169 cm³/mol. The van der Waals surface area contributed by atoms with E-state index in [1.165, 1.54) is 18.7 Å². The van der Waals surface area contributed by atoms with Gasteiger partial charge in [-0.25, -0.2) is 4.21 Å². The van der Waals surface area contributed by atoms with Crippen molar-refractivity contribution in [3.05, 3.63) is 113 Å². The van der Waals surface area contributed by atoms with Crippen LogP contribution in [0.4, 0.5) is 5.69 Å². The van der Waals surface area contributed by atoms with Crippen LogP contribution in [0.25, 0.3) is 0 Å². The van der Waals surface area contributed by atoms with Gasteiger partial charge in [-0.15, -0.1) is 0 Å². The largest absolute Gasteiger partial charge is 0.480 e. The smallest absolute Gasteiger partial charge is 0.320 e. The van der Waals surface area contributed by atoms with Crippen molar-refractivity contribution in [1.82, 2.24) is 9.88 Å². The lowest BCUT2D eigenvalue weighted by atomic mass is 10.1. The highest BCUT2D eigenvalue weighted by atomic mass is 32.2. The van der Waals surface area contributed by atoms with Crippen LogP contribution in [0.1, 0.15) is 56.9 Å². The number of aryl methyl sites for hydroxylation is 1. The number of likely N-dealkylation sites (tertiary alicyclic amines) is 1. The maximum atomic E-state index is 14.2. The van der Waals surface area contributed by atoms with Crippen molar-refractivity contribution in [2.24, 2.45) is 4.36 Å². The molecule has 10 nitrogen and oxygen atoms in total. The minimum atomic E-state index is -3.15. The second-order valence-electron chi connectivity index (χ2n) is 10.6. The fraction of sp³-hybridized carbons (Fsp3) is 0.235. The number of benzene rings is 2. The number of aromatic nitrogens is 1. The number of nitrogens with one attached hydrogen (secondary N) is 1. The number of rotatable bonds is 9. The van der Waals surface area contributed by atoms with Gasteiger partial charge < -0.3 is 14.8 Å². The number of aliphatic carboxylic acids is 1. The maximum Gasteiger partial charge on any atom is 0.320 e. The summed E-state index contributed by atoms with van der Waals surface area (Å²) in [7, 11) is -3.15. The summed E-state index contributed by atoms with van der Waals surface area (Å²) < 4.78 is 23.6. The average Bonchev–Trinajstić information content (AvgIpc) is 3.70. The molecule has 1 aliphatic heterocycles. The van der Waals surface area contributed by atoms with Gasteiger partial charge in [0.15, 0.2) is 5.76 Å². The number of carbonyl (C=O) groups excluding carboxylic acids is 2. The van der Waals surface area contributed by atoms with Crippen LogP contribution in [0.5, 0.6) is 0 Å². The molecular weight excluding hydrogens is 592 g/mol. The number of anilines is 1. The van der Waals surface area contributed by atoms with Gasteiger partial charge in [-0.05, 0) is 81.7 Å². The number of carboxylic acids is 1. The monoisotopic (exact) mass is 624 g/mol. The standard InChI is InChI=1S/C34H32N4O6S/c1-24-15-18-44-31(24)33(40)36-28-9-5-8-25(21-28)13-14-26-20-27(23-35-22-26)32(39)37-45(43,29-10-3-2-4-11-29)19-7-17-38-16-6-12-30(38)34(41)42/h2-5,8-11,15,18,20-23,30H,6-7,12,16-17,19H2,1H3,(H,36,40)(H,41,42). The Hall–Kier alpha value is -5.05. The molecular formula is C34H32N4O6S. The number of carbonyl (C=O) groups is 3. The van der Waals surface area contributed by atoms with Gasteiger partial charge in [0.2, 0.25) is 0 Å². The highest BCUT2D eigenvalue weighted by Gasteiger charge is 2.30. The van der Waals surface area contributed by atoms with E-state index in [-0.39, 0.29) is 23.0 Å². The summed E-state index contributed by atoms with van der Waals surface area (Å²) in [5.74, 6) is 4.44. The molecule has 0 saturated carbocycles. The van der Waals surface area contributed by atoms with E-state index in [1.54, 1.807) is 73.7 Å². The van der Waals surface area contributed by atoms with E-state index in [2.05, 4.69) is 26.5 Å². The molecule has 0 bridgehead atoms. The summed E-state index contributed by atoms with van der Waals surface area (Å²) in [6.07, 6.45) is 6.13. The van der Waals surface area contributed by atoms with Crippen LogP contribution < -0.4 is 5.32 Å². The van der Waals surface area contributed by atoms with Crippen LogP contribution in [0, 0.1) is 18.8 Å². The number of nitrogens with zero attached hydrogens (tertiary/aromatic N) is 3. The number of pyridine rings is 1. The molecule has 2 amide bonds. The fourth-order valence-corrected chi connectivity index (χ4v) is 7.02. The molecule has 1 fully saturated rings. The van der Waals surface area contributed by atoms with Gasteiger partial charge in [-0.3, -0.25) is 24.3 Å². The van der Waals surface area contributed by atoms with Crippen LogP contribution in [-0.4, -0.2) is 61.9 Å². The lowest BCUT2D eigenvalue weighted by Crippen LogP contribution is -2.37. The van der Waals surface area contributed by atoms with Crippen molar-refractivity contribution in [2.45, 2.75) is 37.1 Å². The zero-order chi connectivity index (χ0) is 31.8. The van der Waals surface area contributed by atoms with Crippen molar-refractivity contribution >= 4 is 33.2 Å². The molecule has 4 aromatic rings. The Morgan fingerprint density at radius 3 is 2.62 bits per heavy atom. The third kappa shape index (κ3) is 7.92. The first-order valence-corrected chi connectivity index (χ1v) is 16.1. The first-order chi connectivity index (χ1) is 21.7. The minimum absolute atomic E-state index is 0.102. The Kier molecular flexibility index (Phi) is 9.87. The zero-order valence-electron chi connectivity index (χ0n) is 24.6. The van der Waals surface area contributed by atoms with E-state index in [9.17, 15) is 23.7 Å². The molecule has 230 valence electrons. The van der Waals surface area contributed by atoms with Crippen molar-refractivity contribution in [2.75, 3.05) is 24.2 Å². The third-order valence-electron chi connectivity index (χ3n) is 7.38. The van der Waals surface area contributed by atoms with Crippen LogP contribution in [0.15, 0.2) is 99.1 Å². The first-order valence-electron chi connectivity index (χ1n) is 14.5. The Labute approximate surface area is 261 Å². The third-order valence-corrected chi connectivity index (χ3v) is 9.69. The number of amides is 2. The van der Waals surface area contributed by atoms with Gasteiger partial charge in [0.25, 0.3) is 11.8 Å². The highest BCUT2D eigenvalue weighted by molar-refractivity contribution is 7.94. The summed E-state index contributed by atoms with van der Waals surface area (Å²) in [6, 6.07) is 18.4. The minimum Gasteiger partial charge on any atom is -0.480 e. The average molecular weight is 625 g/mol. The molecule has 1 saturated heterocycles. The zero-order valence-corrected chi connectivity index (χ0v) is 25.5. The SMILES string of the molecule is Cc1ccoc1C(=O)Nc1cccc(C#Cc2cncc(C(=O)N=S(=O)(CCCN3CCCC3C(=O)O)c3ccccc3)c2)c1. The van der Waals surface area contributed by atoms with Gasteiger partial charge in [0.1, 0.15) is 6.04 Å². The van der Waals surface area contributed by atoms with Gasteiger partial charge in [-0.2, -0.15) is 4.36 Å². The molecule has 1 aliphatic rings. The van der Waals surface area contributed by atoms with Crippen molar-refractivity contribution in [3.63, 3.8) is 0 Å². The molecule has 0 aliphatic carbocycles. The lowest BCUT2D eigenvalue weighted by molar-refractivity contribution is -0.142. The van der Waals surface area contributed by atoms with E-state index in [0.717, 1.165) is 12.0 Å². The van der Waals surface area contributed by atoms with Gasteiger partial charge >= 0.3 is 5.97 Å². The molecule has 5 rings (SSSR count). The van der Waals surface area contributed by atoms with Crippen molar-refractivity contribution < 1.29 is 28.1 Å². The van der Waals surface area contributed by atoms with E-state index in [4.69, 9.17) is 4.42 Å². The highest BCUT2D eigenvalue weighted by Crippen LogP contribution is 2.21. The number of hydrogen-bond donors (Lipinski definition) is 2. The molecule has 11 heteroatoms. The molecule has 45 heavy (non-hydrogen) atoms. The van der Waals surface area contributed by atoms with Crippen LogP contribution in [0.3, 0.4) is 0 Å². The molecule has 0 spiro atoms. The first kappa shape index (κ1) is 31.4. The number of carboxylic acid groups (broad SMARTS) is 1. The molecule has 0 radical (unpaired) electrons. The summed E-state index contributed by atoms with van der Waals surface area (Å²) in [6.45, 7) is 2.90. The normalized spacial score (nSPS) is 15.8. The maximum absolute atomic E-state index is 14.2.